The maximum Gasteiger partial charge on any atom is 0.00222 e. The highest BCUT2D eigenvalue weighted by molar-refractivity contribution is 7.67. The van der Waals surface area contributed by atoms with Crippen molar-refractivity contribution >= 4 is 26.5 Å². The van der Waals surface area contributed by atoms with Crippen LogP contribution in [0.3, 0.4) is 0 Å². The lowest BCUT2D eigenvalue weighted by molar-refractivity contribution is 0.616. The van der Waals surface area contributed by atoms with Crippen LogP contribution in [0, 0.1) is 0 Å². The summed E-state index contributed by atoms with van der Waals surface area (Å²) in [6, 6.07) is 22.6. The normalized spacial score (nSPS) is 29.1. The number of nitrogens with one attached hydrogen (secondary N) is 1. The lowest BCUT2D eigenvalue weighted by Crippen LogP contribution is -2.32. The Hall–Kier alpha value is -0.740. The van der Waals surface area contributed by atoms with E-state index < -0.39 is 0 Å². The Bertz CT molecular complexity index is 588. The van der Waals surface area contributed by atoms with Crippen LogP contribution in [0.1, 0.15) is 25.7 Å². The summed E-state index contributed by atoms with van der Waals surface area (Å²) in [5, 5.41) is 7.14. The molecule has 1 N–H and O–H groups in total. The molecule has 0 radical (unpaired) electrons. The lowest BCUT2D eigenvalue weighted by Gasteiger charge is -2.24. The third kappa shape index (κ3) is 4.33. The van der Waals surface area contributed by atoms with Crippen molar-refractivity contribution in [3.05, 3.63) is 60.7 Å². The summed E-state index contributed by atoms with van der Waals surface area (Å²) >= 11 is 0. The van der Waals surface area contributed by atoms with E-state index in [0.29, 0.717) is 0 Å². The molecule has 2 saturated heterocycles. The van der Waals surface area contributed by atoms with E-state index in [1.807, 2.05) is 0 Å². The van der Waals surface area contributed by atoms with Crippen molar-refractivity contribution in [2.45, 2.75) is 37.0 Å². The molecule has 0 spiro atoms. The quantitative estimate of drug-likeness (QED) is 0.739. The molecule has 0 amide bonds. The summed E-state index contributed by atoms with van der Waals surface area (Å²) in [5.41, 5.74) is 1.78. The van der Waals surface area contributed by atoms with E-state index in [4.69, 9.17) is 0 Å². The molecule has 2 fully saturated rings. The van der Waals surface area contributed by atoms with Crippen LogP contribution < -0.4 is 15.9 Å². The van der Waals surface area contributed by atoms with E-state index in [0.717, 1.165) is 11.3 Å². The van der Waals surface area contributed by atoms with Crippen LogP contribution in [0.15, 0.2) is 60.7 Å². The second-order valence-corrected chi connectivity index (χ2v) is 12.6. The summed E-state index contributed by atoms with van der Waals surface area (Å²) in [6.45, 7) is 2.46. The number of benzene rings is 2. The Kier molecular flexibility index (Phi) is 6.19. The molecular weight excluding hydrogens is 340 g/mol. The molecule has 2 aromatic carbocycles. The van der Waals surface area contributed by atoms with Gasteiger partial charge in [-0.05, 0) is 59.9 Å². The zero-order valence-corrected chi connectivity index (χ0v) is 16.8. The molecule has 132 valence electrons. The van der Waals surface area contributed by atoms with Crippen LogP contribution in [0.5, 0.6) is 0 Å². The minimum absolute atomic E-state index is 0.0605. The van der Waals surface area contributed by atoms with Crippen LogP contribution in [-0.4, -0.2) is 36.7 Å². The van der Waals surface area contributed by atoms with Gasteiger partial charge in [-0.25, -0.2) is 0 Å². The fourth-order valence-electron chi connectivity index (χ4n) is 4.43. The summed E-state index contributed by atoms with van der Waals surface area (Å²) < 4.78 is 0. The van der Waals surface area contributed by atoms with Gasteiger partial charge >= 0.3 is 0 Å². The predicted molar refractivity (Wildman–Crippen MR) is 115 cm³/mol. The Morgan fingerprint density at radius 1 is 0.680 bits per heavy atom. The Balaban J connectivity index is 1.31. The molecular formula is C22H29NP2. The van der Waals surface area contributed by atoms with Crippen molar-refractivity contribution in [3.63, 3.8) is 0 Å². The van der Waals surface area contributed by atoms with Crippen molar-refractivity contribution in [2.24, 2.45) is 0 Å². The molecule has 2 aliphatic rings. The number of hydrogen-bond donors (Lipinski definition) is 1. The monoisotopic (exact) mass is 369 g/mol. The topological polar surface area (TPSA) is 12.0 Å². The average Bonchev–Trinajstić information content (AvgIpc) is 3.33. The highest BCUT2D eigenvalue weighted by Gasteiger charge is 2.30. The fraction of sp³-hybridized carbons (Fsp3) is 0.455. The smallest absolute Gasteiger partial charge is 0.00222 e. The van der Waals surface area contributed by atoms with E-state index in [1.54, 1.807) is 10.6 Å². The molecule has 2 aliphatic heterocycles. The highest BCUT2D eigenvalue weighted by atomic mass is 31.1. The van der Waals surface area contributed by atoms with Crippen LogP contribution in [0.2, 0.25) is 0 Å². The van der Waals surface area contributed by atoms with Crippen molar-refractivity contribution in [1.82, 2.24) is 5.32 Å². The van der Waals surface area contributed by atoms with Crippen molar-refractivity contribution in [1.29, 1.82) is 0 Å². The van der Waals surface area contributed by atoms with E-state index in [9.17, 15) is 0 Å². The molecule has 4 rings (SSSR count). The van der Waals surface area contributed by atoms with Crippen molar-refractivity contribution in [2.75, 3.05) is 25.4 Å². The first-order chi connectivity index (χ1) is 12.4. The number of rotatable bonds is 6. The zero-order valence-electron chi connectivity index (χ0n) is 15.0. The van der Waals surface area contributed by atoms with Gasteiger partial charge in [0.05, 0.1) is 0 Å². The molecule has 25 heavy (non-hydrogen) atoms. The largest absolute Gasteiger partial charge is 0.315 e. The maximum atomic E-state index is 3.90. The van der Waals surface area contributed by atoms with Gasteiger partial charge in [0.15, 0.2) is 0 Å². The molecule has 4 atom stereocenters. The number of hydrogen-bond acceptors (Lipinski definition) is 1. The fourth-order valence-corrected chi connectivity index (χ4v) is 10.4. The third-order valence-corrected chi connectivity index (χ3v) is 11.9. The van der Waals surface area contributed by atoms with Crippen LogP contribution >= 0.6 is 15.8 Å². The standard InChI is InChI=1S/C22H29NP2/c1-3-9-19(10-4-1)24-15-7-13-21(24)17-23-18-22-14-8-16-25(22)20-11-5-2-6-12-20/h1-6,9-12,21-23H,7-8,13-18H2/t21-,22-,24?,25?/m1/s1. The van der Waals surface area contributed by atoms with Gasteiger partial charge in [-0.2, -0.15) is 0 Å². The van der Waals surface area contributed by atoms with Gasteiger partial charge < -0.3 is 5.32 Å². The van der Waals surface area contributed by atoms with Crippen molar-refractivity contribution < 1.29 is 0 Å². The van der Waals surface area contributed by atoms with Crippen LogP contribution in [0.4, 0.5) is 0 Å². The Morgan fingerprint density at radius 3 is 1.56 bits per heavy atom. The SMILES string of the molecule is c1ccc(P2CCC[C@@H]2CNC[C@H]2CCCP2c2ccccc2)cc1. The second-order valence-electron chi connectivity index (χ2n) is 7.31. The second kappa shape index (κ2) is 8.77. The lowest BCUT2D eigenvalue weighted by atomic mass is 10.2. The van der Waals surface area contributed by atoms with Crippen LogP contribution in [0.25, 0.3) is 0 Å². The van der Waals surface area contributed by atoms with E-state index in [1.165, 1.54) is 51.1 Å². The molecule has 2 heterocycles. The molecule has 0 aliphatic carbocycles. The minimum Gasteiger partial charge on any atom is -0.315 e. The van der Waals surface area contributed by atoms with Crippen molar-refractivity contribution in [3.8, 4) is 0 Å². The van der Waals surface area contributed by atoms with E-state index in [-0.39, 0.29) is 15.8 Å². The van der Waals surface area contributed by atoms with E-state index >= 15 is 0 Å². The molecule has 3 heteroatoms. The molecule has 2 aromatic rings. The van der Waals surface area contributed by atoms with Gasteiger partial charge in [0.1, 0.15) is 0 Å². The van der Waals surface area contributed by atoms with Gasteiger partial charge in [-0.3, -0.25) is 0 Å². The molecule has 2 unspecified atom stereocenters. The first-order valence-electron chi connectivity index (χ1n) is 9.76. The van der Waals surface area contributed by atoms with Gasteiger partial charge in [0.25, 0.3) is 0 Å². The molecule has 1 nitrogen and oxygen atoms in total. The summed E-state index contributed by atoms with van der Waals surface area (Å²) in [4.78, 5) is 0. The Morgan fingerprint density at radius 2 is 1.12 bits per heavy atom. The summed E-state index contributed by atoms with van der Waals surface area (Å²) in [5.74, 6) is 0. The minimum atomic E-state index is 0.0605. The molecule has 0 aromatic heterocycles. The average molecular weight is 369 g/mol. The maximum absolute atomic E-state index is 3.90. The van der Waals surface area contributed by atoms with Gasteiger partial charge in [-0.1, -0.05) is 76.5 Å². The van der Waals surface area contributed by atoms with Gasteiger partial charge in [-0.15, -0.1) is 0 Å². The van der Waals surface area contributed by atoms with Gasteiger partial charge in [0, 0.05) is 13.1 Å². The summed E-state index contributed by atoms with van der Waals surface area (Å²) in [7, 11) is 0.121. The first kappa shape index (κ1) is 17.7. The zero-order chi connectivity index (χ0) is 16.9. The third-order valence-electron chi connectivity index (χ3n) is 5.69. The predicted octanol–water partition coefficient (Wildman–Crippen LogP) is 4.52. The van der Waals surface area contributed by atoms with E-state index in [2.05, 4.69) is 66.0 Å². The first-order valence-corrected chi connectivity index (χ1v) is 12.9. The van der Waals surface area contributed by atoms with Gasteiger partial charge in [0.2, 0.25) is 0 Å². The highest BCUT2D eigenvalue weighted by Crippen LogP contribution is 2.50. The summed E-state index contributed by atoms with van der Waals surface area (Å²) in [6.07, 6.45) is 8.56. The molecule has 0 bridgehead atoms. The molecule has 0 saturated carbocycles. The Labute approximate surface area is 155 Å². The van der Waals surface area contributed by atoms with Crippen LogP contribution in [-0.2, 0) is 0 Å².